The molecule has 0 atom stereocenters. The van der Waals surface area contributed by atoms with Crippen molar-refractivity contribution in [2.75, 3.05) is 12.4 Å². The Bertz CT molecular complexity index is 2720. The summed E-state index contributed by atoms with van der Waals surface area (Å²) in [7, 11) is -14.4. The molecule has 0 aliphatic carbocycles. The highest BCUT2D eigenvalue weighted by Crippen LogP contribution is 2.47. The first-order chi connectivity index (χ1) is 25.3. The number of phenols is 2. The number of carboxylic acid groups (broad SMARTS) is 1. The third-order valence-electron chi connectivity index (χ3n) is 7.31. The van der Waals surface area contributed by atoms with E-state index in [1.165, 1.54) is 12.1 Å². The Balaban J connectivity index is 1.49. The number of benzene rings is 5. The molecule has 0 amide bonds. The van der Waals surface area contributed by atoms with E-state index >= 15 is 0 Å². The number of carboxylic acids is 1. The molecule has 0 saturated carbocycles. The third kappa shape index (κ3) is 9.30. The summed E-state index contributed by atoms with van der Waals surface area (Å²) in [4.78, 5) is 10.3. The Hall–Kier alpha value is -6.04. The van der Waals surface area contributed by atoms with Crippen LogP contribution in [0.25, 0.3) is 10.8 Å². The summed E-state index contributed by atoms with van der Waals surface area (Å²) in [5, 5.41) is 55.9. The van der Waals surface area contributed by atoms with Crippen LogP contribution in [0, 0.1) is 6.92 Å². The SMILES string of the molecule is Cc1ccc(N=Nc2c(C(=O)O)cc(O)c(N=Nc3ccc(N=Nc4ccc(S(=O)(=O)CCOS(=O)(=O)O)cc4S(=O)(=O)O)c4ccccc34)c2O)cc1. The van der Waals surface area contributed by atoms with Crippen LogP contribution >= 0.6 is 0 Å². The molecule has 5 aromatic rings. The average molecular weight is 799 g/mol. The molecular weight excluding hydrogens is 773 g/mol. The van der Waals surface area contributed by atoms with Crippen molar-refractivity contribution >= 4 is 81.2 Å². The predicted molar refractivity (Wildman–Crippen MR) is 190 cm³/mol. The molecule has 19 nitrogen and oxygen atoms in total. The zero-order valence-electron chi connectivity index (χ0n) is 27.4. The Morgan fingerprint density at radius 3 is 1.81 bits per heavy atom. The van der Waals surface area contributed by atoms with Gasteiger partial charge in [0.2, 0.25) is 0 Å². The maximum atomic E-state index is 12.6. The smallest absolute Gasteiger partial charge is 0.397 e. The Labute approximate surface area is 306 Å². The molecule has 5 aromatic carbocycles. The minimum atomic E-state index is -5.08. The Morgan fingerprint density at radius 1 is 0.685 bits per heavy atom. The van der Waals surface area contributed by atoms with E-state index in [1.807, 2.05) is 6.92 Å². The standard InChI is InChI=1S/C32H26N6O13S3/c1-18-6-8-19(9-7-18)33-37-29-23(32(41)42)17-27(39)30(31(29)40)38-35-25-13-12-24(21-4-2-3-5-22(21)25)34-36-26-11-10-20(16-28(26)53(45,46)47)52(43,44)15-14-51-54(48,49)50/h2-13,16-17,39-40H,14-15H2,1H3,(H,41,42)(H,45,46,47)(H,48,49,50). The largest absolute Gasteiger partial charge is 0.505 e. The first-order valence-electron chi connectivity index (χ1n) is 15.0. The van der Waals surface area contributed by atoms with Gasteiger partial charge >= 0.3 is 16.4 Å². The van der Waals surface area contributed by atoms with Crippen molar-refractivity contribution in [2.45, 2.75) is 16.7 Å². The van der Waals surface area contributed by atoms with Crippen molar-refractivity contribution in [3.8, 4) is 11.5 Å². The van der Waals surface area contributed by atoms with Crippen LogP contribution in [0.4, 0.5) is 34.1 Å². The molecule has 0 bridgehead atoms. The second-order valence-corrected chi connectivity index (χ2v) is 15.6. The molecule has 54 heavy (non-hydrogen) atoms. The van der Waals surface area contributed by atoms with Gasteiger partial charge in [0.05, 0.1) is 39.9 Å². The quantitative estimate of drug-likeness (QED) is 0.0575. The van der Waals surface area contributed by atoms with E-state index in [0.717, 1.165) is 23.8 Å². The lowest BCUT2D eigenvalue weighted by Crippen LogP contribution is -2.16. The third-order valence-corrected chi connectivity index (χ3v) is 10.3. The van der Waals surface area contributed by atoms with Crippen LogP contribution < -0.4 is 0 Å². The number of hydrogen-bond acceptors (Lipinski definition) is 16. The second-order valence-electron chi connectivity index (χ2n) is 11.1. The summed E-state index contributed by atoms with van der Waals surface area (Å²) < 4.78 is 93.6. The van der Waals surface area contributed by atoms with Gasteiger partial charge in [-0.3, -0.25) is 9.11 Å². The molecule has 0 spiro atoms. The van der Waals surface area contributed by atoms with Gasteiger partial charge < -0.3 is 15.3 Å². The van der Waals surface area contributed by atoms with Crippen LogP contribution in [0.1, 0.15) is 15.9 Å². The van der Waals surface area contributed by atoms with Crippen LogP contribution in [0.2, 0.25) is 0 Å². The van der Waals surface area contributed by atoms with E-state index in [4.69, 9.17) is 4.55 Å². The number of hydrogen-bond donors (Lipinski definition) is 5. The van der Waals surface area contributed by atoms with Crippen LogP contribution in [0.15, 0.2) is 125 Å². The number of azo groups is 3. The fraction of sp³-hybridized carbons (Fsp3) is 0.0938. The minimum Gasteiger partial charge on any atom is -0.505 e. The van der Waals surface area contributed by atoms with Gasteiger partial charge in [0.25, 0.3) is 10.1 Å². The highest BCUT2D eigenvalue weighted by Gasteiger charge is 2.24. The van der Waals surface area contributed by atoms with Crippen molar-refractivity contribution in [2.24, 2.45) is 30.7 Å². The van der Waals surface area contributed by atoms with Crippen LogP contribution in [0.3, 0.4) is 0 Å². The molecule has 5 N–H and O–H groups in total. The lowest BCUT2D eigenvalue weighted by molar-refractivity contribution is 0.0696. The number of carbonyl (C=O) groups is 1. The van der Waals surface area contributed by atoms with Crippen molar-refractivity contribution in [1.29, 1.82) is 0 Å². The number of rotatable bonds is 13. The minimum absolute atomic E-state index is 0.139. The van der Waals surface area contributed by atoms with E-state index < -0.39 is 92.6 Å². The van der Waals surface area contributed by atoms with Gasteiger partial charge in [0, 0.05) is 10.8 Å². The monoisotopic (exact) mass is 798 g/mol. The predicted octanol–water partition coefficient (Wildman–Crippen LogP) is 7.34. The van der Waals surface area contributed by atoms with Crippen LogP contribution in [-0.4, -0.2) is 68.0 Å². The van der Waals surface area contributed by atoms with Gasteiger partial charge in [0.15, 0.2) is 21.3 Å². The Morgan fingerprint density at radius 2 is 1.24 bits per heavy atom. The van der Waals surface area contributed by atoms with Gasteiger partial charge in [0.1, 0.15) is 22.0 Å². The van der Waals surface area contributed by atoms with Crippen LogP contribution in [-0.2, 0) is 34.5 Å². The van der Waals surface area contributed by atoms with Crippen molar-refractivity contribution in [3.05, 3.63) is 96.1 Å². The molecular formula is C32H26N6O13S3. The topological polar surface area (TPSA) is 304 Å². The molecule has 0 fully saturated rings. The number of aryl methyl sites for hydroxylation is 1. The van der Waals surface area contributed by atoms with Gasteiger partial charge in [-0.25, -0.2) is 17.4 Å². The highest BCUT2D eigenvalue weighted by atomic mass is 32.3. The van der Waals surface area contributed by atoms with E-state index in [0.29, 0.717) is 22.5 Å². The van der Waals surface area contributed by atoms with Crippen molar-refractivity contribution < 1.29 is 58.7 Å². The maximum absolute atomic E-state index is 12.6. The van der Waals surface area contributed by atoms with Crippen molar-refractivity contribution in [1.82, 2.24) is 0 Å². The first kappa shape index (κ1) is 39.2. The summed E-state index contributed by atoms with van der Waals surface area (Å²) >= 11 is 0. The molecule has 280 valence electrons. The molecule has 0 aliphatic rings. The van der Waals surface area contributed by atoms with Gasteiger partial charge in [-0.05, 0) is 55.5 Å². The summed E-state index contributed by atoms with van der Waals surface area (Å²) in [6.07, 6.45) is 0. The number of phenolic OH excluding ortho intramolecular Hbond substituents is 2. The molecule has 5 rings (SSSR count). The summed E-state index contributed by atoms with van der Waals surface area (Å²) in [6.45, 7) is 0.879. The number of aromatic carboxylic acids is 1. The number of fused-ring (bicyclic) bond motifs is 1. The molecule has 0 radical (unpaired) electrons. The van der Waals surface area contributed by atoms with Gasteiger partial charge in [-0.1, -0.05) is 42.0 Å². The lowest BCUT2D eigenvalue weighted by atomic mass is 10.1. The number of aromatic hydroxyl groups is 2. The lowest BCUT2D eigenvalue weighted by Gasteiger charge is -2.09. The van der Waals surface area contributed by atoms with Crippen molar-refractivity contribution in [3.63, 3.8) is 0 Å². The summed E-state index contributed by atoms with van der Waals surface area (Å²) in [6, 6.07) is 19.3. The first-order valence-corrected chi connectivity index (χ1v) is 19.4. The Kier molecular flexibility index (Phi) is 11.3. The highest BCUT2D eigenvalue weighted by molar-refractivity contribution is 7.91. The van der Waals surface area contributed by atoms with E-state index in [2.05, 4.69) is 34.9 Å². The fourth-order valence-corrected chi connectivity index (χ4v) is 6.95. The van der Waals surface area contributed by atoms with E-state index in [9.17, 15) is 49.9 Å². The molecule has 0 aromatic heterocycles. The second kappa shape index (κ2) is 15.5. The zero-order chi connectivity index (χ0) is 39.4. The summed E-state index contributed by atoms with van der Waals surface area (Å²) in [5.41, 5.74) is -0.421. The molecule has 0 heterocycles. The normalized spacial score (nSPS) is 12.7. The average Bonchev–Trinajstić information content (AvgIpc) is 3.10. The number of sulfone groups is 1. The number of nitrogens with zero attached hydrogens (tertiary/aromatic N) is 6. The van der Waals surface area contributed by atoms with Gasteiger partial charge in [-0.2, -0.15) is 21.9 Å². The zero-order valence-corrected chi connectivity index (χ0v) is 29.9. The molecule has 0 aliphatic heterocycles. The van der Waals surface area contributed by atoms with Gasteiger partial charge in [-0.15, -0.1) is 25.6 Å². The van der Waals surface area contributed by atoms with Crippen LogP contribution in [0.5, 0.6) is 11.5 Å². The van der Waals surface area contributed by atoms with E-state index in [1.54, 1.807) is 48.5 Å². The molecule has 0 unspecified atom stereocenters. The fourth-order valence-electron chi connectivity index (χ4n) is 4.71. The molecule has 0 saturated heterocycles. The molecule has 22 heteroatoms. The van der Waals surface area contributed by atoms with E-state index in [-0.39, 0.29) is 11.4 Å². The maximum Gasteiger partial charge on any atom is 0.397 e. The summed E-state index contributed by atoms with van der Waals surface area (Å²) in [5.74, 6) is -4.02.